The van der Waals surface area contributed by atoms with Crippen LogP contribution in [0.4, 0.5) is 5.82 Å². The van der Waals surface area contributed by atoms with Crippen LogP contribution in [0.5, 0.6) is 0 Å². The lowest BCUT2D eigenvalue weighted by atomic mass is 10.1. The van der Waals surface area contributed by atoms with Crippen molar-refractivity contribution in [2.45, 2.75) is 13.8 Å². The monoisotopic (exact) mass is 297 g/mol. The average Bonchev–Trinajstić information content (AvgIpc) is 2.83. The van der Waals surface area contributed by atoms with Crippen LogP contribution in [-0.2, 0) is 0 Å². The lowest BCUT2D eigenvalue weighted by Gasteiger charge is -2.08. The Morgan fingerprint density at radius 3 is 2.62 bits per heavy atom. The van der Waals surface area contributed by atoms with E-state index in [-0.39, 0.29) is 0 Å². The number of anilines is 1. The Morgan fingerprint density at radius 2 is 1.86 bits per heavy atom. The molecule has 0 saturated carbocycles. The Balaban J connectivity index is 2.12. The summed E-state index contributed by atoms with van der Waals surface area (Å²) in [5, 5.41) is 5.31. The largest absolute Gasteiger partial charge is 0.384 e. The second-order valence-corrected chi connectivity index (χ2v) is 5.60. The van der Waals surface area contributed by atoms with Crippen LogP contribution in [-0.4, -0.2) is 9.78 Å². The van der Waals surface area contributed by atoms with E-state index in [2.05, 4.69) is 37.1 Å². The van der Waals surface area contributed by atoms with Gasteiger partial charge in [0.2, 0.25) is 0 Å². The number of nitrogens with two attached hydrogens (primary N) is 1. The first-order valence-electron chi connectivity index (χ1n) is 6.74. The first kappa shape index (κ1) is 13.7. The molecule has 0 bridgehead atoms. The van der Waals surface area contributed by atoms with Gasteiger partial charge >= 0.3 is 0 Å². The summed E-state index contributed by atoms with van der Waals surface area (Å²) in [5.74, 6) is 0.610. The summed E-state index contributed by atoms with van der Waals surface area (Å²) in [4.78, 5) is 0. The quantitative estimate of drug-likeness (QED) is 0.762. The van der Waals surface area contributed by atoms with Crippen molar-refractivity contribution in [1.82, 2.24) is 9.78 Å². The van der Waals surface area contributed by atoms with E-state index in [0.717, 1.165) is 22.5 Å². The fourth-order valence-corrected chi connectivity index (χ4v) is 2.52. The highest BCUT2D eigenvalue weighted by Crippen LogP contribution is 2.26. The van der Waals surface area contributed by atoms with Gasteiger partial charge in [0.05, 0.1) is 11.4 Å². The summed E-state index contributed by atoms with van der Waals surface area (Å²) in [6.07, 6.45) is 0. The maximum absolute atomic E-state index is 6.14. The predicted octanol–water partition coefficient (Wildman–Crippen LogP) is 4.39. The molecule has 1 aromatic heterocycles. The van der Waals surface area contributed by atoms with E-state index in [0.29, 0.717) is 10.8 Å². The predicted molar refractivity (Wildman–Crippen MR) is 87.9 cm³/mol. The highest BCUT2D eigenvalue weighted by molar-refractivity contribution is 6.30. The third kappa shape index (κ3) is 2.65. The standard InChI is InChI=1S/C17H16ClN3/c1-11-6-7-12(2)16(8-11)21-17(19)10-15(20-21)13-4-3-5-14(18)9-13/h3-10H,19H2,1-2H3. The van der Waals surface area contributed by atoms with Gasteiger partial charge in [0, 0.05) is 16.7 Å². The number of aryl methyl sites for hydroxylation is 2. The van der Waals surface area contributed by atoms with Crippen molar-refractivity contribution in [3.8, 4) is 16.9 Å². The first-order chi connectivity index (χ1) is 10.0. The van der Waals surface area contributed by atoms with Gasteiger partial charge in [-0.3, -0.25) is 0 Å². The molecule has 0 unspecified atom stereocenters. The molecule has 0 aliphatic heterocycles. The van der Waals surface area contributed by atoms with Crippen LogP contribution in [0.3, 0.4) is 0 Å². The van der Waals surface area contributed by atoms with E-state index >= 15 is 0 Å². The molecule has 2 aromatic carbocycles. The number of hydrogen-bond donors (Lipinski definition) is 1. The molecule has 106 valence electrons. The number of nitrogen functional groups attached to an aromatic ring is 1. The fraction of sp³-hybridized carbons (Fsp3) is 0.118. The molecule has 0 spiro atoms. The normalized spacial score (nSPS) is 10.8. The van der Waals surface area contributed by atoms with Crippen LogP contribution in [0.15, 0.2) is 48.5 Å². The Hall–Kier alpha value is -2.26. The van der Waals surface area contributed by atoms with Gasteiger partial charge in [-0.1, -0.05) is 35.9 Å². The molecule has 0 radical (unpaired) electrons. The van der Waals surface area contributed by atoms with Gasteiger partial charge in [-0.15, -0.1) is 0 Å². The van der Waals surface area contributed by atoms with Gasteiger partial charge in [0.1, 0.15) is 5.82 Å². The molecule has 3 aromatic rings. The minimum atomic E-state index is 0.610. The maximum Gasteiger partial charge on any atom is 0.127 e. The smallest absolute Gasteiger partial charge is 0.127 e. The van der Waals surface area contributed by atoms with E-state index < -0.39 is 0 Å². The lowest BCUT2D eigenvalue weighted by Crippen LogP contribution is -2.04. The van der Waals surface area contributed by atoms with Gasteiger partial charge in [-0.05, 0) is 43.2 Å². The molecule has 2 N–H and O–H groups in total. The van der Waals surface area contributed by atoms with Crippen molar-refractivity contribution < 1.29 is 0 Å². The zero-order valence-corrected chi connectivity index (χ0v) is 12.7. The molecule has 0 fully saturated rings. The van der Waals surface area contributed by atoms with E-state index in [1.807, 2.05) is 30.3 Å². The summed E-state index contributed by atoms with van der Waals surface area (Å²) in [6.45, 7) is 4.11. The average molecular weight is 298 g/mol. The van der Waals surface area contributed by atoms with Crippen molar-refractivity contribution in [3.63, 3.8) is 0 Å². The Labute approximate surface area is 129 Å². The van der Waals surface area contributed by atoms with E-state index in [1.165, 1.54) is 5.56 Å². The Bertz CT molecular complexity index is 806. The van der Waals surface area contributed by atoms with Crippen LogP contribution in [0, 0.1) is 13.8 Å². The molecular weight excluding hydrogens is 282 g/mol. The molecule has 4 heteroatoms. The summed E-state index contributed by atoms with van der Waals surface area (Å²) in [7, 11) is 0. The van der Waals surface area contributed by atoms with Gasteiger partial charge in [-0.25, -0.2) is 4.68 Å². The Morgan fingerprint density at radius 1 is 1.05 bits per heavy atom. The third-order valence-electron chi connectivity index (χ3n) is 3.45. The molecule has 1 heterocycles. The number of halogens is 1. The minimum absolute atomic E-state index is 0.610. The summed E-state index contributed by atoms with van der Waals surface area (Å²) >= 11 is 6.04. The zero-order valence-electron chi connectivity index (χ0n) is 12.0. The molecule has 21 heavy (non-hydrogen) atoms. The van der Waals surface area contributed by atoms with Gasteiger partial charge in [0.25, 0.3) is 0 Å². The van der Waals surface area contributed by atoms with Crippen molar-refractivity contribution >= 4 is 17.4 Å². The van der Waals surface area contributed by atoms with Crippen LogP contribution in [0.25, 0.3) is 16.9 Å². The first-order valence-corrected chi connectivity index (χ1v) is 7.11. The maximum atomic E-state index is 6.14. The van der Waals surface area contributed by atoms with Crippen molar-refractivity contribution in [2.75, 3.05) is 5.73 Å². The molecule has 0 aliphatic rings. The second kappa shape index (κ2) is 5.26. The van der Waals surface area contributed by atoms with E-state index in [9.17, 15) is 0 Å². The van der Waals surface area contributed by atoms with E-state index in [1.54, 1.807) is 4.68 Å². The van der Waals surface area contributed by atoms with E-state index in [4.69, 9.17) is 17.3 Å². The highest BCUT2D eigenvalue weighted by atomic mass is 35.5. The molecule has 3 nitrogen and oxygen atoms in total. The fourth-order valence-electron chi connectivity index (χ4n) is 2.32. The van der Waals surface area contributed by atoms with Crippen LogP contribution in [0.2, 0.25) is 5.02 Å². The zero-order chi connectivity index (χ0) is 15.0. The lowest BCUT2D eigenvalue weighted by molar-refractivity contribution is 0.885. The van der Waals surface area contributed by atoms with Gasteiger partial charge < -0.3 is 5.73 Å². The summed E-state index contributed by atoms with van der Waals surface area (Å²) in [5.41, 5.74) is 11.2. The number of benzene rings is 2. The van der Waals surface area contributed by atoms with Gasteiger partial charge in [-0.2, -0.15) is 5.10 Å². The number of aromatic nitrogens is 2. The Kier molecular flexibility index (Phi) is 3.43. The molecular formula is C17H16ClN3. The molecule has 0 saturated heterocycles. The van der Waals surface area contributed by atoms with Crippen LogP contribution >= 0.6 is 11.6 Å². The SMILES string of the molecule is Cc1ccc(C)c(-n2nc(-c3cccc(Cl)c3)cc2N)c1. The highest BCUT2D eigenvalue weighted by Gasteiger charge is 2.11. The summed E-state index contributed by atoms with van der Waals surface area (Å²) < 4.78 is 1.78. The molecule has 0 atom stereocenters. The summed E-state index contributed by atoms with van der Waals surface area (Å²) in [6, 6.07) is 15.7. The number of nitrogens with zero attached hydrogens (tertiary/aromatic N) is 2. The molecule has 0 aliphatic carbocycles. The van der Waals surface area contributed by atoms with Crippen molar-refractivity contribution in [3.05, 3.63) is 64.7 Å². The number of hydrogen-bond acceptors (Lipinski definition) is 2. The second-order valence-electron chi connectivity index (χ2n) is 5.17. The van der Waals surface area contributed by atoms with Crippen molar-refractivity contribution in [2.24, 2.45) is 0 Å². The van der Waals surface area contributed by atoms with Crippen molar-refractivity contribution in [1.29, 1.82) is 0 Å². The minimum Gasteiger partial charge on any atom is -0.384 e. The molecule has 3 rings (SSSR count). The van der Waals surface area contributed by atoms with Crippen LogP contribution in [0.1, 0.15) is 11.1 Å². The number of rotatable bonds is 2. The third-order valence-corrected chi connectivity index (χ3v) is 3.69. The van der Waals surface area contributed by atoms with Gasteiger partial charge in [0.15, 0.2) is 0 Å². The van der Waals surface area contributed by atoms with Crippen LogP contribution < -0.4 is 5.73 Å². The molecule has 0 amide bonds. The topological polar surface area (TPSA) is 43.8 Å².